The Morgan fingerprint density at radius 3 is 2.41 bits per heavy atom. The normalized spacial score (nSPS) is 26.2. The Bertz CT molecular complexity index is 441. The molecule has 6 nitrogen and oxygen atoms in total. The third kappa shape index (κ3) is 5.16. The highest BCUT2D eigenvalue weighted by atomic mass is 32.2. The number of rotatable bonds is 5. The Hall–Kier alpha value is -0.210. The monoisotopic (exact) mass is 334 g/mol. The molecular formula is C15H30N2O4S. The van der Waals surface area contributed by atoms with Crippen LogP contribution in [0.25, 0.3) is 0 Å². The first-order chi connectivity index (χ1) is 10.3. The van der Waals surface area contributed by atoms with Gasteiger partial charge in [0.1, 0.15) is 0 Å². The van der Waals surface area contributed by atoms with Crippen molar-refractivity contribution in [3.8, 4) is 0 Å². The molecule has 2 fully saturated rings. The van der Waals surface area contributed by atoms with Crippen molar-refractivity contribution in [3.63, 3.8) is 0 Å². The molecule has 0 aliphatic carbocycles. The second-order valence-electron chi connectivity index (χ2n) is 7.21. The maximum Gasteiger partial charge on any atom is 0.214 e. The second-order valence-corrected chi connectivity index (χ2v) is 9.30. The summed E-state index contributed by atoms with van der Waals surface area (Å²) in [7, 11) is -3.18. The molecule has 0 bridgehead atoms. The summed E-state index contributed by atoms with van der Waals surface area (Å²) in [5.41, 5.74) is -0.0397. The zero-order valence-electron chi connectivity index (χ0n) is 14.1. The van der Waals surface area contributed by atoms with Gasteiger partial charge in [-0.2, -0.15) is 4.31 Å². The van der Waals surface area contributed by atoms with Gasteiger partial charge in [0, 0.05) is 26.2 Å². The molecule has 0 amide bonds. The average Bonchev–Trinajstić information content (AvgIpc) is 2.47. The van der Waals surface area contributed by atoms with Crippen LogP contribution in [0.15, 0.2) is 0 Å². The van der Waals surface area contributed by atoms with Gasteiger partial charge in [0.25, 0.3) is 0 Å². The number of sulfonamides is 1. The molecule has 0 aromatic rings. The van der Waals surface area contributed by atoms with E-state index in [2.05, 4.69) is 25.7 Å². The summed E-state index contributed by atoms with van der Waals surface area (Å²) in [6.07, 6.45) is 0.648. The van der Waals surface area contributed by atoms with Gasteiger partial charge in [-0.05, 0) is 18.4 Å². The lowest BCUT2D eigenvalue weighted by atomic mass is 9.88. The molecule has 0 radical (unpaired) electrons. The van der Waals surface area contributed by atoms with Crippen LogP contribution in [-0.4, -0.2) is 82.0 Å². The predicted octanol–water partition coefficient (Wildman–Crippen LogP) is 0.785. The highest BCUT2D eigenvalue weighted by Crippen LogP contribution is 2.26. The summed E-state index contributed by atoms with van der Waals surface area (Å²) in [4.78, 5) is 2.27. The van der Waals surface area contributed by atoms with Crippen molar-refractivity contribution in [2.75, 3.05) is 58.3 Å². The van der Waals surface area contributed by atoms with Gasteiger partial charge in [0.05, 0.1) is 31.7 Å². The second kappa shape index (κ2) is 7.57. The Balaban J connectivity index is 1.81. The molecular weight excluding hydrogens is 304 g/mol. The lowest BCUT2D eigenvalue weighted by Gasteiger charge is -2.39. The summed E-state index contributed by atoms with van der Waals surface area (Å²) in [5.74, 6) is 0.223. The lowest BCUT2D eigenvalue weighted by Crippen LogP contribution is -2.50. The van der Waals surface area contributed by atoms with Crippen LogP contribution in [0.1, 0.15) is 27.2 Å². The Kier molecular flexibility index (Phi) is 6.24. The van der Waals surface area contributed by atoms with E-state index in [0.29, 0.717) is 26.1 Å². The van der Waals surface area contributed by atoms with Crippen molar-refractivity contribution in [1.29, 1.82) is 0 Å². The third-order valence-electron chi connectivity index (χ3n) is 4.37. The van der Waals surface area contributed by atoms with Crippen molar-refractivity contribution >= 4 is 10.0 Å². The van der Waals surface area contributed by atoms with Crippen LogP contribution in [0.3, 0.4) is 0 Å². The standard InChI is InChI=1S/C15H30N2O4S/c1-15(2,3)14-13-17(8-11-21-14)22(18,19)12-4-5-16-6-9-20-10-7-16/h14H,4-13H2,1-3H3/t14-/m0/s1. The van der Waals surface area contributed by atoms with Crippen LogP contribution in [0.5, 0.6) is 0 Å². The van der Waals surface area contributed by atoms with E-state index in [4.69, 9.17) is 9.47 Å². The molecule has 2 aliphatic heterocycles. The van der Waals surface area contributed by atoms with E-state index in [-0.39, 0.29) is 17.3 Å². The summed E-state index contributed by atoms with van der Waals surface area (Å²) < 4.78 is 37.7. The van der Waals surface area contributed by atoms with Crippen LogP contribution < -0.4 is 0 Å². The first-order valence-electron chi connectivity index (χ1n) is 8.18. The van der Waals surface area contributed by atoms with Gasteiger partial charge in [-0.15, -0.1) is 0 Å². The first kappa shape index (κ1) is 18.1. The van der Waals surface area contributed by atoms with Gasteiger partial charge >= 0.3 is 0 Å². The van der Waals surface area contributed by atoms with E-state index < -0.39 is 10.0 Å². The van der Waals surface area contributed by atoms with Crippen molar-refractivity contribution in [3.05, 3.63) is 0 Å². The summed E-state index contributed by atoms with van der Waals surface area (Å²) >= 11 is 0. The van der Waals surface area contributed by atoms with E-state index in [0.717, 1.165) is 32.8 Å². The summed E-state index contributed by atoms with van der Waals surface area (Å²) in [5, 5.41) is 0. The Morgan fingerprint density at radius 2 is 1.77 bits per heavy atom. The number of ether oxygens (including phenoxy) is 2. The molecule has 7 heteroatoms. The summed E-state index contributed by atoms with van der Waals surface area (Å²) in [6.45, 7) is 11.9. The van der Waals surface area contributed by atoms with E-state index in [1.54, 1.807) is 4.31 Å². The predicted molar refractivity (Wildman–Crippen MR) is 86.4 cm³/mol. The highest BCUT2D eigenvalue weighted by molar-refractivity contribution is 7.89. The molecule has 2 saturated heterocycles. The Labute approximate surface area is 134 Å². The van der Waals surface area contributed by atoms with Crippen molar-refractivity contribution in [1.82, 2.24) is 9.21 Å². The molecule has 0 unspecified atom stereocenters. The van der Waals surface area contributed by atoms with E-state index in [1.807, 2.05) is 0 Å². The number of hydrogen-bond donors (Lipinski definition) is 0. The van der Waals surface area contributed by atoms with Gasteiger partial charge in [-0.25, -0.2) is 8.42 Å². The average molecular weight is 334 g/mol. The number of nitrogens with zero attached hydrogens (tertiary/aromatic N) is 2. The van der Waals surface area contributed by atoms with Gasteiger partial charge < -0.3 is 9.47 Å². The molecule has 0 spiro atoms. The fourth-order valence-electron chi connectivity index (χ4n) is 2.83. The molecule has 2 aliphatic rings. The van der Waals surface area contributed by atoms with Crippen LogP contribution >= 0.6 is 0 Å². The van der Waals surface area contributed by atoms with Crippen LogP contribution in [0.4, 0.5) is 0 Å². The zero-order valence-corrected chi connectivity index (χ0v) is 14.9. The van der Waals surface area contributed by atoms with Crippen molar-refractivity contribution in [2.45, 2.75) is 33.3 Å². The molecule has 0 aromatic carbocycles. The molecule has 0 aromatic heterocycles. The smallest absolute Gasteiger partial charge is 0.214 e. The quantitative estimate of drug-likeness (QED) is 0.744. The minimum Gasteiger partial charge on any atom is -0.379 e. The van der Waals surface area contributed by atoms with Gasteiger partial charge in [-0.3, -0.25) is 4.90 Å². The third-order valence-corrected chi connectivity index (χ3v) is 6.29. The van der Waals surface area contributed by atoms with Crippen molar-refractivity contribution < 1.29 is 17.9 Å². The van der Waals surface area contributed by atoms with Gasteiger partial charge in [-0.1, -0.05) is 20.8 Å². The minimum atomic E-state index is -3.18. The van der Waals surface area contributed by atoms with Gasteiger partial charge in [0.2, 0.25) is 10.0 Å². The molecule has 0 saturated carbocycles. The number of morpholine rings is 2. The van der Waals surface area contributed by atoms with Gasteiger partial charge in [0.15, 0.2) is 0 Å². The zero-order chi connectivity index (χ0) is 16.2. The van der Waals surface area contributed by atoms with Crippen LogP contribution in [-0.2, 0) is 19.5 Å². The molecule has 2 heterocycles. The fourth-order valence-corrected chi connectivity index (χ4v) is 4.29. The maximum atomic E-state index is 12.5. The molecule has 22 heavy (non-hydrogen) atoms. The molecule has 1 atom stereocenters. The maximum absolute atomic E-state index is 12.5. The fraction of sp³-hybridized carbons (Fsp3) is 1.00. The molecule has 0 N–H and O–H groups in total. The van der Waals surface area contributed by atoms with E-state index >= 15 is 0 Å². The lowest BCUT2D eigenvalue weighted by molar-refractivity contribution is -0.0591. The largest absolute Gasteiger partial charge is 0.379 e. The van der Waals surface area contributed by atoms with Crippen LogP contribution in [0, 0.1) is 5.41 Å². The topological polar surface area (TPSA) is 59.1 Å². The van der Waals surface area contributed by atoms with E-state index in [1.165, 1.54) is 0 Å². The highest BCUT2D eigenvalue weighted by Gasteiger charge is 2.35. The molecule has 2 rings (SSSR count). The first-order valence-corrected chi connectivity index (χ1v) is 9.79. The van der Waals surface area contributed by atoms with E-state index in [9.17, 15) is 8.42 Å². The SMILES string of the molecule is CC(C)(C)[C@@H]1CN(S(=O)(=O)CCCN2CCOCC2)CCO1. The van der Waals surface area contributed by atoms with Crippen LogP contribution in [0.2, 0.25) is 0 Å². The Morgan fingerprint density at radius 1 is 1.09 bits per heavy atom. The van der Waals surface area contributed by atoms with Crippen molar-refractivity contribution in [2.24, 2.45) is 5.41 Å². The number of hydrogen-bond acceptors (Lipinski definition) is 5. The molecule has 130 valence electrons. The summed E-state index contributed by atoms with van der Waals surface area (Å²) in [6, 6.07) is 0. The minimum absolute atomic E-state index is 0.0322.